The zero-order valence-corrected chi connectivity index (χ0v) is 28.8. The molecule has 0 bridgehead atoms. The first kappa shape index (κ1) is 35.4. The highest BCUT2D eigenvalue weighted by Gasteiger charge is 2.21. The lowest BCUT2D eigenvalue weighted by atomic mass is 10.1. The number of anilines is 2. The molecule has 3 aromatic carbocycles. The Morgan fingerprint density at radius 1 is 0.680 bits per heavy atom. The molecule has 0 aliphatic heterocycles. The molecule has 2 atom stereocenters. The zero-order valence-electron chi connectivity index (χ0n) is 28.8. The van der Waals surface area contributed by atoms with Gasteiger partial charge < -0.3 is 24.4 Å². The van der Waals surface area contributed by atoms with Crippen LogP contribution < -0.4 is 9.80 Å². The third kappa shape index (κ3) is 7.54. The number of fused-ring (bicyclic) bond motifs is 2. The molecule has 0 aliphatic rings. The number of halogens is 1. The van der Waals surface area contributed by atoms with Gasteiger partial charge in [-0.05, 0) is 93.4 Å². The fraction of sp³-hybridized carbons (Fsp3) is 0.263. The number of aromatic nitrogens is 4. The monoisotopic (exact) mass is 678 g/mol. The van der Waals surface area contributed by atoms with Gasteiger partial charge in [0.25, 0.3) is 0 Å². The molecule has 2 N–H and O–H groups in total. The van der Waals surface area contributed by atoms with Gasteiger partial charge >= 0.3 is 11.9 Å². The van der Waals surface area contributed by atoms with Crippen LogP contribution in [0.1, 0.15) is 61.3 Å². The van der Waals surface area contributed by atoms with E-state index in [1.165, 1.54) is 30.3 Å². The van der Waals surface area contributed by atoms with Crippen molar-refractivity contribution in [2.45, 2.75) is 52.6 Å². The second kappa shape index (κ2) is 15.1. The van der Waals surface area contributed by atoms with Crippen LogP contribution in [0.4, 0.5) is 16.0 Å². The van der Waals surface area contributed by atoms with E-state index in [0.29, 0.717) is 39.4 Å². The van der Waals surface area contributed by atoms with Gasteiger partial charge in [0.1, 0.15) is 17.2 Å². The van der Waals surface area contributed by atoms with Crippen LogP contribution >= 0.6 is 0 Å². The number of furan rings is 1. The average Bonchev–Trinajstić information content (AvgIpc) is 3.67. The third-order valence-corrected chi connectivity index (χ3v) is 8.87. The molecule has 0 aliphatic carbocycles. The summed E-state index contributed by atoms with van der Waals surface area (Å²) in [4.78, 5) is 45.3. The van der Waals surface area contributed by atoms with Crippen molar-refractivity contribution in [1.29, 1.82) is 0 Å². The average molecular weight is 679 g/mol. The van der Waals surface area contributed by atoms with E-state index in [4.69, 9.17) is 24.4 Å². The van der Waals surface area contributed by atoms with Gasteiger partial charge in [-0.3, -0.25) is 0 Å². The van der Waals surface area contributed by atoms with Crippen molar-refractivity contribution in [3.05, 3.63) is 96.2 Å². The molecule has 3 heterocycles. The molecule has 6 aromatic rings. The van der Waals surface area contributed by atoms with Crippen LogP contribution in [-0.2, 0) is 0 Å². The van der Waals surface area contributed by atoms with Crippen LogP contribution in [0, 0.1) is 5.82 Å². The Bertz CT molecular complexity index is 2140. The fourth-order valence-electron chi connectivity index (χ4n) is 5.21. The SMILES string of the molecule is CCC(C)N(C)c1nc2cc(C(=O)O)ccc2nc1-c1ccoc1.CC[C@H](C)N(C)c1nc2cc(C(=O)O)ccc2nc1-c1ccc(F)cc1. The van der Waals surface area contributed by atoms with Crippen molar-refractivity contribution >= 4 is 45.6 Å². The fourth-order valence-corrected chi connectivity index (χ4v) is 5.21. The summed E-state index contributed by atoms with van der Waals surface area (Å²) in [6, 6.07) is 17.9. The van der Waals surface area contributed by atoms with Gasteiger partial charge in [-0.2, -0.15) is 0 Å². The first-order valence-corrected chi connectivity index (χ1v) is 16.3. The maximum atomic E-state index is 13.3. The Labute approximate surface area is 289 Å². The van der Waals surface area contributed by atoms with E-state index < -0.39 is 11.9 Å². The summed E-state index contributed by atoms with van der Waals surface area (Å²) in [5, 5.41) is 18.4. The minimum atomic E-state index is -1.01. The second-order valence-corrected chi connectivity index (χ2v) is 12.1. The molecule has 0 radical (unpaired) electrons. The predicted molar refractivity (Wildman–Crippen MR) is 192 cm³/mol. The Balaban J connectivity index is 0.000000195. The van der Waals surface area contributed by atoms with E-state index in [1.54, 1.807) is 42.9 Å². The molecule has 258 valence electrons. The van der Waals surface area contributed by atoms with Gasteiger partial charge in [0.15, 0.2) is 11.6 Å². The number of aromatic carboxylic acids is 2. The first-order chi connectivity index (χ1) is 23.9. The number of hydrogen-bond acceptors (Lipinski definition) is 9. The molecule has 1 unspecified atom stereocenters. The van der Waals surface area contributed by atoms with E-state index in [2.05, 4.69) is 32.6 Å². The van der Waals surface area contributed by atoms with E-state index in [9.17, 15) is 24.2 Å². The molecule has 0 saturated carbocycles. The minimum absolute atomic E-state index is 0.165. The number of benzene rings is 3. The Kier molecular flexibility index (Phi) is 10.7. The molecule has 3 aromatic heterocycles. The molecule has 0 amide bonds. The van der Waals surface area contributed by atoms with Gasteiger partial charge in [-0.25, -0.2) is 33.9 Å². The number of carboxylic acid groups (broad SMARTS) is 2. The van der Waals surface area contributed by atoms with E-state index >= 15 is 0 Å². The lowest BCUT2D eigenvalue weighted by Gasteiger charge is -2.27. The summed E-state index contributed by atoms with van der Waals surface area (Å²) < 4.78 is 18.5. The first-order valence-electron chi connectivity index (χ1n) is 16.3. The molecule has 0 saturated heterocycles. The summed E-state index contributed by atoms with van der Waals surface area (Å²) in [5.74, 6) is -0.949. The standard InChI is InChI=1S/C20H20FN3O2.C18H19N3O3/c1-4-12(2)24(3)19-18(13-5-8-15(21)9-6-13)22-16-10-7-14(20(25)26)11-17(16)23-19;1-4-11(2)21(3)17-16(13-7-8-24-10-13)19-14-6-5-12(18(22)23)9-15(14)20-17/h5-12H,4H2,1-3H3,(H,25,26);5-11H,4H2,1-3H3,(H,22,23)/t12-;/m0./s1. The molecule has 12 heteroatoms. The Morgan fingerprint density at radius 3 is 1.54 bits per heavy atom. The zero-order chi connectivity index (χ0) is 36.1. The highest BCUT2D eigenvalue weighted by atomic mass is 19.1. The van der Waals surface area contributed by atoms with Gasteiger partial charge in [0, 0.05) is 37.3 Å². The van der Waals surface area contributed by atoms with E-state index in [0.717, 1.165) is 29.7 Å². The predicted octanol–water partition coefficient (Wildman–Crippen LogP) is 8.19. The van der Waals surface area contributed by atoms with Gasteiger partial charge in [-0.15, -0.1) is 0 Å². The topological polar surface area (TPSA) is 146 Å². The highest BCUT2D eigenvalue weighted by Crippen LogP contribution is 2.32. The van der Waals surface area contributed by atoms with Crippen LogP contribution in [-0.4, -0.2) is 68.3 Å². The van der Waals surface area contributed by atoms with Crippen molar-refractivity contribution in [2.75, 3.05) is 23.9 Å². The summed E-state index contributed by atoms with van der Waals surface area (Å²) in [5.41, 5.74) is 5.65. The highest BCUT2D eigenvalue weighted by molar-refractivity contribution is 5.94. The number of nitrogens with zero attached hydrogens (tertiary/aromatic N) is 6. The number of rotatable bonds is 10. The van der Waals surface area contributed by atoms with Crippen molar-refractivity contribution in [1.82, 2.24) is 19.9 Å². The van der Waals surface area contributed by atoms with Gasteiger partial charge in [-0.1, -0.05) is 13.8 Å². The quantitative estimate of drug-likeness (QED) is 0.145. The second-order valence-electron chi connectivity index (χ2n) is 12.1. The Morgan fingerprint density at radius 2 is 1.14 bits per heavy atom. The molecule has 0 spiro atoms. The van der Waals surface area contributed by atoms with Crippen LogP contribution in [0.25, 0.3) is 44.6 Å². The molecule has 0 fully saturated rings. The van der Waals surface area contributed by atoms with Crippen LogP contribution in [0.3, 0.4) is 0 Å². The van der Waals surface area contributed by atoms with E-state index in [1.807, 2.05) is 25.1 Å². The molecular formula is C38H39FN6O5. The maximum Gasteiger partial charge on any atom is 0.335 e. The number of carboxylic acids is 2. The van der Waals surface area contributed by atoms with Crippen molar-refractivity contribution in [3.8, 4) is 22.5 Å². The summed E-state index contributed by atoms with van der Waals surface area (Å²) in [6.45, 7) is 8.37. The van der Waals surface area contributed by atoms with Crippen LogP contribution in [0.2, 0.25) is 0 Å². The van der Waals surface area contributed by atoms with Crippen molar-refractivity contribution < 1.29 is 28.6 Å². The van der Waals surface area contributed by atoms with Gasteiger partial charge in [0.2, 0.25) is 0 Å². The smallest absolute Gasteiger partial charge is 0.335 e. The Hall–Kier alpha value is -5.91. The van der Waals surface area contributed by atoms with Crippen LogP contribution in [0.15, 0.2) is 83.7 Å². The lowest BCUT2D eigenvalue weighted by molar-refractivity contribution is 0.0686. The molecule has 6 rings (SSSR count). The third-order valence-electron chi connectivity index (χ3n) is 8.87. The maximum absolute atomic E-state index is 13.3. The summed E-state index contributed by atoms with van der Waals surface area (Å²) in [7, 11) is 3.90. The summed E-state index contributed by atoms with van der Waals surface area (Å²) in [6.07, 6.45) is 5.10. The summed E-state index contributed by atoms with van der Waals surface area (Å²) >= 11 is 0. The normalized spacial score (nSPS) is 12.2. The number of carbonyl (C=O) groups is 2. The molecule has 11 nitrogen and oxygen atoms in total. The van der Waals surface area contributed by atoms with Gasteiger partial charge in [0.05, 0.1) is 45.7 Å². The van der Waals surface area contributed by atoms with Crippen LogP contribution in [0.5, 0.6) is 0 Å². The van der Waals surface area contributed by atoms with Crippen molar-refractivity contribution in [2.24, 2.45) is 0 Å². The molecular weight excluding hydrogens is 639 g/mol. The van der Waals surface area contributed by atoms with E-state index in [-0.39, 0.29) is 29.0 Å². The molecule has 50 heavy (non-hydrogen) atoms. The largest absolute Gasteiger partial charge is 0.478 e. The van der Waals surface area contributed by atoms with Crippen molar-refractivity contribution in [3.63, 3.8) is 0 Å². The number of hydrogen-bond donors (Lipinski definition) is 2. The lowest BCUT2D eigenvalue weighted by Crippen LogP contribution is -2.29. The minimum Gasteiger partial charge on any atom is -0.478 e.